The number of anilines is 2. The first kappa shape index (κ1) is 30.6. The molecule has 10 nitrogen and oxygen atoms in total. The zero-order valence-electron chi connectivity index (χ0n) is 21.6. The number of benzene rings is 3. The fourth-order valence-corrected chi connectivity index (χ4v) is 3.86. The number of aliphatic carboxylic acids is 1. The first-order valence-corrected chi connectivity index (χ1v) is 12.3. The number of amides is 3. The molecule has 4 N–H and O–H groups in total. The molecule has 0 spiro atoms. The van der Waals surface area contributed by atoms with Crippen molar-refractivity contribution in [2.24, 2.45) is 0 Å². The van der Waals surface area contributed by atoms with E-state index in [9.17, 15) is 27.6 Å². The van der Waals surface area contributed by atoms with Crippen LogP contribution in [-0.2, 0) is 11.3 Å². The molecule has 0 aliphatic carbocycles. The minimum absolute atomic E-state index is 0.0483. The zero-order valence-corrected chi connectivity index (χ0v) is 21.6. The number of carbonyl (C=O) groups excluding carboxylic acids is 2. The summed E-state index contributed by atoms with van der Waals surface area (Å²) in [5.74, 6) is -3.74. The van der Waals surface area contributed by atoms with Crippen LogP contribution in [0.4, 0.5) is 29.3 Å². The normalized spacial score (nSPS) is 13.4. The lowest BCUT2D eigenvalue weighted by molar-refractivity contribution is -0.192. The van der Waals surface area contributed by atoms with Crippen molar-refractivity contribution < 1.29 is 42.6 Å². The van der Waals surface area contributed by atoms with Gasteiger partial charge >= 0.3 is 24.1 Å². The van der Waals surface area contributed by atoms with Crippen molar-refractivity contribution in [2.45, 2.75) is 12.7 Å². The Balaban J connectivity index is 0.000000587. The highest BCUT2D eigenvalue weighted by Crippen LogP contribution is 2.16. The maximum Gasteiger partial charge on any atom is 0.490 e. The Kier molecular flexibility index (Phi) is 10.4. The molecule has 1 aliphatic rings. The molecule has 0 unspecified atom stereocenters. The molecule has 216 valence electrons. The molecule has 1 fully saturated rings. The van der Waals surface area contributed by atoms with Crippen molar-refractivity contribution in [3.8, 4) is 0 Å². The van der Waals surface area contributed by atoms with E-state index in [1.54, 1.807) is 54.6 Å². The topological polar surface area (TPSA) is 139 Å². The lowest BCUT2D eigenvalue weighted by Crippen LogP contribution is -2.48. The van der Waals surface area contributed by atoms with Crippen molar-refractivity contribution >= 4 is 35.3 Å². The number of urea groups is 1. The predicted molar refractivity (Wildman–Crippen MR) is 144 cm³/mol. The summed E-state index contributed by atoms with van der Waals surface area (Å²) in [5, 5.41) is 21.8. The number of hydrogen-bond acceptors (Lipinski definition) is 5. The summed E-state index contributed by atoms with van der Waals surface area (Å²) >= 11 is 0. The number of alkyl halides is 3. The first-order chi connectivity index (χ1) is 19.4. The molecule has 3 amide bonds. The molecule has 0 atom stereocenters. The van der Waals surface area contributed by atoms with Crippen LogP contribution in [0.3, 0.4) is 0 Å². The number of para-hydroxylation sites is 1. The number of carboxylic acid groups (broad SMARTS) is 2. The van der Waals surface area contributed by atoms with E-state index in [4.69, 9.17) is 15.0 Å². The Hall–Kier alpha value is -4.91. The molecule has 3 aromatic carbocycles. The van der Waals surface area contributed by atoms with Gasteiger partial charge in [-0.25, -0.2) is 14.4 Å². The molecule has 0 aromatic heterocycles. The number of carboxylic acids is 2. The largest absolute Gasteiger partial charge is 0.490 e. The molecule has 1 aliphatic heterocycles. The lowest BCUT2D eigenvalue weighted by Gasteiger charge is -2.34. The summed E-state index contributed by atoms with van der Waals surface area (Å²) in [6.07, 6.45) is -5.08. The summed E-state index contributed by atoms with van der Waals surface area (Å²) in [4.78, 5) is 49.1. The molecule has 0 radical (unpaired) electrons. The third-order valence-electron chi connectivity index (χ3n) is 5.90. The molecular formula is C28H27F3N4O6. The van der Waals surface area contributed by atoms with Crippen LogP contribution in [0.25, 0.3) is 0 Å². The third kappa shape index (κ3) is 9.65. The van der Waals surface area contributed by atoms with Crippen LogP contribution in [0.2, 0.25) is 0 Å². The van der Waals surface area contributed by atoms with E-state index in [0.717, 1.165) is 5.56 Å². The molecule has 3 aromatic rings. The van der Waals surface area contributed by atoms with Crippen LogP contribution in [0, 0.1) is 0 Å². The second-order valence-corrected chi connectivity index (χ2v) is 8.90. The van der Waals surface area contributed by atoms with Crippen LogP contribution in [0.1, 0.15) is 26.3 Å². The predicted octanol–water partition coefficient (Wildman–Crippen LogP) is 4.62. The summed E-state index contributed by atoms with van der Waals surface area (Å²) in [6, 6.07) is 22.6. The number of piperazine rings is 1. The van der Waals surface area contributed by atoms with Crippen molar-refractivity contribution in [2.75, 3.05) is 36.8 Å². The maximum atomic E-state index is 12.9. The lowest BCUT2D eigenvalue weighted by atomic mass is 10.1. The molecule has 41 heavy (non-hydrogen) atoms. The van der Waals surface area contributed by atoms with Gasteiger partial charge in [0.1, 0.15) is 0 Å². The molecular weight excluding hydrogens is 545 g/mol. The van der Waals surface area contributed by atoms with Crippen LogP contribution in [0.5, 0.6) is 0 Å². The third-order valence-corrected chi connectivity index (χ3v) is 5.90. The van der Waals surface area contributed by atoms with E-state index in [1.165, 1.54) is 0 Å². The van der Waals surface area contributed by atoms with Gasteiger partial charge < -0.3 is 25.7 Å². The Morgan fingerprint density at radius 3 is 1.83 bits per heavy atom. The Morgan fingerprint density at radius 2 is 1.29 bits per heavy atom. The van der Waals surface area contributed by atoms with Gasteiger partial charge in [-0.3, -0.25) is 9.69 Å². The fraction of sp³-hybridized carbons (Fsp3) is 0.214. The fourth-order valence-electron chi connectivity index (χ4n) is 3.86. The highest BCUT2D eigenvalue weighted by molar-refractivity contribution is 6.00. The first-order valence-electron chi connectivity index (χ1n) is 12.3. The van der Waals surface area contributed by atoms with Crippen LogP contribution in [0.15, 0.2) is 78.9 Å². The maximum absolute atomic E-state index is 12.9. The second kappa shape index (κ2) is 13.9. The van der Waals surface area contributed by atoms with Crippen LogP contribution >= 0.6 is 0 Å². The summed E-state index contributed by atoms with van der Waals surface area (Å²) < 4.78 is 31.7. The van der Waals surface area contributed by atoms with Crippen molar-refractivity contribution in [1.82, 2.24) is 9.80 Å². The van der Waals surface area contributed by atoms with Gasteiger partial charge in [0.05, 0.1) is 5.56 Å². The molecule has 13 heteroatoms. The number of halogens is 3. The van der Waals surface area contributed by atoms with Crippen molar-refractivity contribution in [1.29, 1.82) is 0 Å². The number of rotatable bonds is 6. The van der Waals surface area contributed by atoms with E-state index in [0.29, 0.717) is 49.7 Å². The highest BCUT2D eigenvalue weighted by Gasteiger charge is 2.38. The molecule has 1 heterocycles. The minimum Gasteiger partial charge on any atom is -0.478 e. The number of carbonyl (C=O) groups is 4. The van der Waals surface area contributed by atoms with Crippen molar-refractivity contribution in [3.05, 3.63) is 95.6 Å². The Bertz CT molecular complexity index is 1360. The molecule has 0 saturated carbocycles. The van der Waals surface area contributed by atoms with Gasteiger partial charge in [-0.05, 0) is 54.1 Å². The van der Waals surface area contributed by atoms with Crippen LogP contribution < -0.4 is 10.6 Å². The molecule has 4 rings (SSSR count). The summed E-state index contributed by atoms with van der Waals surface area (Å²) in [5.41, 5.74) is 3.08. The summed E-state index contributed by atoms with van der Waals surface area (Å²) in [7, 11) is 0. The van der Waals surface area contributed by atoms with Gasteiger partial charge in [-0.15, -0.1) is 0 Å². The summed E-state index contributed by atoms with van der Waals surface area (Å²) in [6.45, 7) is 3.26. The van der Waals surface area contributed by atoms with E-state index < -0.39 is 18.1 Å². The smallest absolute Gasteiger partial charge is 0.478 e. The SMILES string of the molecule is O=C(Nc1ccccc1)Nc1ccc(C(=O)N2CCN(Cc3cccc(C(=O)O)c3)CC2)cc1.O=C(O)C(F)(F)F. The van der Waals surface area contributed by atoms with Gasteiger partial charge in [0.25, 0.3) is 5.91 Å². The molecule has 0 bridgehead atoms. The van der Waals surface area contributed by atoms with Gasteiger partial charge in [-0.1, -0.05) is 30.3 Å². The number of hydrogen-bond donors (Lipinski definition) is 4. The monoisotopic (exact) mass is 572 g/mol. The standard InChI is InChI=1S/C26H26N4O4.C2HF3O2/c31-24(20-9-11-23(12-10-20)28-26(34)27-22-7-2-1-3-8-22)30-15-13-29(14-16-30)18-19-5-4-6-21(17-19)25(32)33;3-2(4,5)1(6)7/h1-12,17H,13-16,18H2,(H,32,33)(H2,27,28,34);(H,6,7). The van der Waals surface area contributed by atoms with Crippen molar-refractivity contribution in [3.63, 3.8) is 0 Å². The quantitative estimate of drug-likeness (QED) is 0.338. The number of nitrogens with zero attached hydrogens (tertiary/aromatic N) is 2. The van der Waals surface area contributed by atoms with E-state index in [-0.39, 0.29) is 17.5 Å². The zero-order chi connectivity index (χ0) is 30.0. The van der Waals surface area contributed by atoms with E-state index >= 15 is 0 Å². The average Bonchev–Trinajstić information content (AvgIpc) is 2.94. The van der Waals surface area contributed by atoms with Gasteiger partial charge in [-0.2, -0.15) is 13.2 Å². The van der Waals surface area contributed by atoms with E-state index in [1.807, 2.05) is 29.2 Å². The Morgan fingerprint density at radius 1 is 0.732 bits per heavy atom. The van der Waals surface area contributed by atoms with Crippen LogP contribution in [-0.4, -0.2) is 76.2 Å². The van der Waals surface area contributed by atoms with E-state index in [2.05, 4.69) is 15.5 Å². The Labute approximate surface area is 233 Å². The number of aromatic carboxylic acids is 1. The number of nitrogens with one attached hydrogen (secondary N) is 2. The van der Waals surface area contributed by atoms with Gasteiger partial charge in [0.2, 0.25) is 0 Å². The second-order valence-electron chi connectivity index (χ2n) is 8.90. The highest BCUT2D eigenvalue weighted by atomic mass is 19.4. The minimum atomic E-state index is -5.08. The average molecular weight is 573 g/mol. The van der Waals surface area contributed by atoms with Gasteiger partial charge in [0, 0.05) is 49.7 Å². The van der Waals surface area contributed by atoms with Gasteiger partial charge in [0.15, 0.2) is 0 Å². The molecule has 1 saturated heterocycles.